The number of aromatic nitrogens is 1. The number of nitro benzene ring substituents is 1. The molecule has 0 saturated carbocycles. The van der Waals surface area contributed by atoms with E-state index >= 15 is 0 Å². The third kappa shape index (κ3) is 4.85. The normalized spacial score (nSPS) is 9.25. The van der Waals surface area contributed by atoms with Crippen LogP contribution in [-0.4, -0.2) is 21.0 Å². The summed E-state index contributed by atoms with van der Waals surface area (Å²) in [7, 11) is 0. The molecule has 6 heteroatoms. The second-order valence-corrected chi connectivity index (χ2v) is 3.82. The van der Waals surface area contributed by atoms with Crippen LogP contribution in [0.15, 0.2) is 48.8 Å². The maximum absolute atomic E-state index is 10.3. The van der Waals surface area contributed by atoms with Crippen molar-refractivity contribution in [1.29, 1.82) is 0 Å². The van der Waals surface area contributed by atoms with Gasteiger partial charge in [-0.3, -0.25) is 15.1 Å². The molecule has 0 bridgehead atoms. The van der Waals surface area contributed by atoms with Gasteiger partial charge in [0, 0.05) is 24.5 Å². The molecule has 0 saturated heterocycles. The summed E-state index contributed by atoms with van der Waals surface area (Å²) in [6.45, 7) is 2.12. The highest BCUT2D eigenvalue weighted by atomic mass is 16.6. The van der Waals surface area contributed by atoms with Gasteiger partial charge in [0.25, 0.3) is 5.69 Å². The summed E-state index contributed by atoms with van der Waals surface area (Å²) >= 11 is 0. The molecule has 0 aliphatic carbocycles. The van der Waals surface area contributed by atoms with Crippen LogP contribution in [0.25, 0.3) is 0 Å². The van der Waals surface area contributed by atoms with Crippen molar-refractivity contribution in [2.75, 3.05) is 0 Å². The zero-order chi connectivity index (χ0) is 15.0. The third-order valence-electron chi connectivity index (χ3n) is 2.46. The predicted molar refractivity (Wildman–Crippen MR) is 73.7 cm³/mol. The van der Waals surface area contributed by atoms with E-state index in [0.717, 1.165) is 18.6 Å². The molecule has 1 aromatic carbocycles. The van der Waals surface area contributed by atoms with Crippen molar-refractivity contribution in [2.45, 2.75) is 13.3 Å². The number of hydrogen-bond acceptors (Lipinski definition) is 4. The first kappa shape index (κ1) is 15.3. The Morgan fingerprint density at radius 1 is 1.30 bits per heavy atom. The number of carbonyl (C=O) groups is 1. The SMILES string of the molecule is CCc1cccnc1.O=C(O)c1ccc([N+](=O)[O-])cc1. The van der Waals surface area contributed by atoms with E-state index < -0.39 is 10.9 Å². The average Bonchev–Trinajstić information content (AvgIpc) is 2.48. The van der Waals surface area contributed by atoms with Gasteiger partial charge in [-0.05, 0) is 30.2 Å². The van der Waals surface area contributed by atoms with Gasteiger partial charge < -0.3 is 5.11 Å². The summed E-state index contributed by atoms with van der Waals surface area (Å²) < 4.78 is 0. The zero-order valence-corrected chi connectivity index (χ0v) is 10.9. The van der Waals surface area contributed by atoms with E-state index in [2.05, 4.69) is 18.0 Å². The van der Waals surface area contributed by atoms with Crippen molar-refractivity contribution < 1.29 is 14.8 Å². The molecule has 1 aromatic heterocycles. The monoisotopic (exact) mass is 274 g/mol. The van der Waals surface area contributed by atoms with E-state index in [9.17, 15) is 14.9 Å². The van der Waals surface area contributed by atoms with Crippen molar-refractivity contribution in [3.63, 3.8) is 0 Å². The molecule has 0 amide bonds. The molecule has 2 aromatic rings. The van der Waals surface area contributed by atoms with Crippen molar-refractivity contribution in [3.8, 4) is 0 Å². The van der Waals surface area contributed by atoms with Crippen LogP contribution < -0.4 is 0 Å². The van der Waals surface area contributed by atoms with Crippen molar-refractivity contribution >= 4 is 11.7 Å². The van der Waals surface area contributed by atoms with Crippen LogP contribution in [0.2, 0.25) is 0 Å². The second kappa shape index (κ2) is 7.63. The first-order valence-electron chi connectivity index (χ1n) is 5.91. The Balaban J connectivity index is 0.000000217. The van der Waals surface area contributed by atoms with Crippen molar-refractivity contribution in [3.05, 3.63) is 70.0 Å². The number of benzene rings is 1. The average molecular weight is 274 g/mol. The highest BCUT2D eigenvalue weighted by Crippen LogP contribution is 2.11. The van der Waals surface area contributed by atoms with Gasteiger partial charge in [-0.2, -0.15) is 0 Å². The number of aromatic carboxylic acids is 1. The van der Waals surface area contributed by atoms with E-state index in [-0.39, 0.29) is 11.3 Å². The maximum atomic E-state index is 10.3. The third-order valence-corrected chi connectivity index (χ3v) is 2.46. The molecule has 0 unspecified atom stereocenters. The smallest absolute Gasteiger partial charge is 0.335 e. The van der Waals surface area contributed by atoms with Gasteiger partial charge >= 0.3 is 5.97 Å². The Bertz CT molecular complexity index is 534. The van der Waals surface area contributed by atoms with Gasteiger partial charge in [-0.15, -0.1) is 0 Å². The molecule has 0 fully saturated rings. The Labute approximate surface area is 115 Å². The molecule has 0 radical (unpaired) electrons. The van der Waals surface area contributed by atoms with Gasteiger partial charge in [0.1, 0.15) is 0 Å². The lowest BCUT2D eigenvalue weighted by atomic mass is 10.2. The minimum atomic E-state index is -1.09. The number of non-ortho nitro benzene ring substituents is 1. The van der Waals surface area contributed by atoms with Crippen LogP contribution in [-0.2, 0) is 6.42 Å². The molecule has 104 valence electrons. The fourth-order valence-corrected chi connectivity index (χ4v) is 1.33. The Kier molecular flexibility index (Phi) is 5.83. The number of hydrogen-bond donors (Lipinski definition) is 1. The minimum Gasteiger partial charge on any atom is -0.478 e. The molecule has 0 spiro atoms. The standard InChI is InChI=1S/C7H5NO4.C7H9N/c9-7(10)5-1-3-6(4-2-5)8(11)12;1-2-7-4-3-5-8-6-7/h1-4H,(H,9,10);3-6H,2H2,1H3. The lowest BCUT2D eigenvalue weighted by molar-refractivity contribution is -0.384. The number of carboxylic acid groups (broad SMARTS) is 1. The van der Waals surface area contributed by atoms with Gasteiger partial charge in [-0.1, -0.05) is 13.0 Å². The molecule has 6 nitrogen and oxygen atoms in total. The van der Waals surface area contributed by atoms with Crippen LogP contribution in [0.3, 0.4) is 0 Å². The first-order chi connectivity index (χ1) is 9.54. The Morgan fingerprint density at radius 3 is 2.30 bits per heavy atom. The van der Waals surface area contributed by atoms with Crippen molar-refractivity contribution in [2.24, 2.45) is 0 Å². The number of nitrogens with zero attached hydrogens (tertiary/aromatic N) is 2. The molecule has 0 aliphatic heterocycles. The van der Waals surface area contributed by atoms with Crippen LogP contribution in [0.4, 0.5) is 5.69 Å². The molecular weight excluding hydrogens is 260 g/mol. The summed E-state index contributed by atoms with van der Waals surface area (Å²) in [5.41, 5.74) is 1.23. The number of pyridine rings is 1. The van der Waals surface area contributed by atoms with Crippen LogP contribution in [0.1, 0.15) is 22.8 Å². The maximum Gasteiger partial charge on any atom is 0.335 e. The summed E-state index contributed by atoms with van der Waals surface area (Å²) in [5.74, 6) is -1.09. The summed E-state index contributed by atoms with van der Waals surface area (Å²) in [5, 5.41) is 18.6. The topological polar surface area (TPSA) is 93.3 Å². The van der Waals surface area contributed by atoms with Gasteiger partial charge in [-0.25, -0.2) is 4.79 Å². The van der Waals surface area contributed by atoms with E-state index in [4.69, 9.17) is 5.11 Å². The quantitative estimate of drug-likeness (QED) is 0.686. The molecule has 0 aliphatic rings. The number of rotatable bonds is 3. The molecule has 2 rings (SSSR count). The highest BCUT2D eigenvalue weighted by Gasteiger charge is 2.06. The van der Waals surface area contributed by atoms with Crippen LogP contribution in [0, 0.1) is 10.1 Å². The molecule has 1 heterocycles. The van der Waals surface area contributed by atoms with E-state index in [1.54, 1.807) is 6.20 Å². The fourth-order valence-electron chi connectivity index (χ4n) is 1.33. The highest BCUT2D eigenvalue weighted by molar-refractivity contribution is 5.87. The van der Waals surface area contributed by atoms with E-state index in [1.807, 2.05) is 12.3 Å². The Morgan fingerprint density at radius 2 is 1.95 bits per heavy atom. The Hall–Kier alpha value is -2.76. The van der Waals surface area contributed by atoms with Crippen LogP contribution >= 0.6 is 0 Å². The molecular formula is C14H14N2O4. The van der Waals surface area contributed by atoms with Gasteiger partial charge in [0.15, 0.2) is 0 Å². The van der Waals surface area contributed by atoms with Crippen molar-refractivity contribution in [1.82, 2.24) is 4.98 Å². The molecule has 0 atom stereocenters. The summed E-state index contributed by atoms with van der Waals surface area (Å²) in [4.78, 5) is 23.8. The minimum absolute atomic E-state index is 0.0422. The zero-order valence-electron chi connectivity index (χ0n) is 10.9. The lowest BCUT2D eigenvalue weighted by Crippen LogP contribution is -1.96. The van der Waals surface area contributed by atoms with Gasteiger partial charge in [0.2, 0.25) is 0 Å². The van der Waals surface area contributed by atoms with E-state index in [1.165, 1.54) is 17.7 Å². The first-order valence-corrected chi connectivity index (χ1v) is 5.91. The number of nitro groups is 1. The summed E-state index contributed by atoms with van der Waals surface area (Å²) in [6.07, 6.45) is 4.76. The molecule has 1 N–H and O–H groups in total. The van der Waals surface area contributed by atoms with E-state index in [0.29, 0.717) is 0 Å². The molecule has 20 heavy (non-hydrogen) atoms. The second-order valence-electron chi connectivity index (χ2n) is 3.82. The largest absolute Gasteiger partial charge is 0.478 e. The number of carboxylic acids is 1. The fraction of sp³-hybridized carbons (Fsp3) is 0.143. The summed E-state index contributed by atoms with van der Waals surface area (Å²) in [6, 6.07) is 8.74. The number of aryl methyl sites for hydroxylation is 1. The lowest BCUT2D eigenvalue weighted by Gasteiger charge is -1.92. The van der Waals surface area contributed by atoms with Crippen LogP contribution in [0.5, 0.6) is 0 Å². The van der Waals surface area contributed by atoms with Gasteiger partial charge in [0.05, 0.1) is 10.5 Å². The predicted octanol–water partition coefficient (Wildman–Crippen LogP) is 2.94.